The monoisotopic (exact) mass is 363 g/mol. The third kappa shape index (κ3) is 3.26. The number of hydrogen-bond acceptors (Lipinski definition) is 4. The molecule has 3 aromatic rings. The second-order valence-electron chi connectivity index (χ2n) is 6.25. The lowest BCUT2D eigenvalue weighted by Crippen LogP contribution is -2.03. The Balaban J connectivity index is 1.74. The highest BCUT2D eigenvalue weighted by Crippen LogP contribution is 2.33. The minimum absolute atomic E-state index is 0.00906. The van der Waals surface area contributed by atoms with Crippen LogP contribution < -0.4 is 4.74 Å². The molecular weight excluding hydrogens is 346 g/mol. The van der Waals surface area contributed by atoms with Gasteiger partial charge in [0.1, 0.15) is 16.4 Å². The number of sulfone groups is 1. The molecule has 3 aromatic carbocycles. The molecule has 0 radical (unpaired) electrons. The summed E-state index contributed by atoms with van der Waals surface area (Å²) in [7, 11) is -3.44. The molecule has 0 aliphatic carbocycles. The van der Waals surface area contributed by atoms with E-state index in [1.807, 2.05) is 54.6 Å². The molecule has 1 atom stereocenters. The summed E-state index contributed by atoms with van der Waals surface area (Å²) in [6.07, 6.45) is 6.61. The number of aliphatic imine (C=N–C) groups is 1. The molecule has 4 nitrogen and oxygen atoms in total. The molecule has 0 saturated heterocycles. The van der Waals surface area contributed by atoms with Crippen molar-refractivity contribution >= 4 is 26.8 Å². The molecular formula is C21H17NO3S. The number of hydrogen-bond donors (Lipinski definition) is 0. The smallest absolute Gasteiger partial charge is 0.179 e. The zero-order valence-corrected chi connectivity index (χ0v) is 15.0. The Bertz CT molecular complexity index is 1130. The molecule has 0 aromatic heterocycles. The van der Waals surface area contributed by atoms with Crippen LogP contribution in [0.25, 0.3) is 10.8 Å². The van der Waals surface area contributed by atoms with E-state index in [9.17, 15) is 8.42 Å². The number of benzene rings is 3. The summed E-state index contributed by atoms with van der Waals surface area (Å²) in [5, 5.41) is 2.14. The van der Waals surface area contributed by atoms with Crippen molar-refractivity contribution in [2.45, 2.75) is 10.8 Å². The first-order valence-corrected chi connectivity index (χ1v) is 10.1. The average molecular weight is 363 g/mol. The Hall–Kier alpha value is -2.92. The SMILES string of the molecule is CS(=O)(=O)c1cc(C2C=CN=C2)ccc1Oc1ccc2ccccc2c1. The number of fused-ring (bicyclic) bond motifs is 1. The summed E-state index contributed by atoms with van der Waals surface area (Å²) in [5.74, 6) is 0.916. The van der Waals surface area contributed by atoms with E-state index in [2.05, 4.69) is 4.99 Å². The molecule has 1 unspecified atom stereocenters. The Morgan fingerprint density at radius 3 is 2.50 bits per heavy atom. The number of ether oxygens (including phenoxy) is 1. The van der Waals surface area contributed by atoms with Crippen LogP contribution in [0, 0.1) is 0 Å². The molecule has 0 spiro atoms. The van der Waals surface area contributed by atoms with Crippen LogP contribution in [0.4, 0.5) is 0 Å². The lowest BCUT2D eigenvalue weighted by atomic mass is 10.0. The van der Waals surface area contributed by atoms with Gasteiger partial charge in [0.05, 0.1) is 0 Å². The van der Waals surface area contributed by atoms with Crippen LogP contribution in [0.15, 0.2) is 82.8 Å². The van der Waals surface area contributed by atoms with E-state index in [-0.39, 0.29) is 10.8 Å². The molecule has 26 heavy (non-hydrogen) atoms. The molecule has 5 heteroatoms. The van der Waals surface area contributed by atoms with Crippen molar-refractivity contribution in [3.05, 3.63) is 78.5 Å². The molecule has 0 bridgehead atoms. The van der Waals surface area contributed by atoms with Gasteiger partial charge in [-0.3, -0.25) is 4.99 Å². The lowest BCUT2D eigenvalue weighted by molar-refractivity contribution is 0.468. The van der Waals surface area contributed by atoms with Gasteiger partial charge in [-0.2, -0.15) is 0 Å². The second-order valence-corrected chi connectivity index (χ2v) is 8.24. The molecule has 1 aliphatic heterocycles. The van der Waals surface area contributed by atoms with Crippen molar-refractivity contribution in [2.75, 3.05) is 6.26 Å². The van der Waals surface area contributed by atoms with Crippen LogP contribution in [-0.2, 0) is 9.84 Å². The first-order valence-electron chi connectivity index (χ1n) is 8.21. The second kappa shape index (κ2) is 6.42. The summed E-state index contributed by atoms with van der Waals surface area (Å²) in [4.78, 5) is 4.24. The fourth-order valence-electron chi connectivity index (χ4n) is 3.00. The lowest BCUT2D eigenvalue weighted by Gasteiger charge is -2.13. The van der Waals surface area contributed by atoms with Crippen LogP contribution in [0.3, 0.4) is 0 Å². The third-order valence-electron chi connectivity index (χ3n) is 4.33. The van der Waals surface area contributed by atoms with Crippen LogP contribution in [0.1, 0.15) is 11.5 Å². The first kappa shape index (κ1) is 16.5. The largest absolute Gasteiger partial charge is 0.456 e. The quantitative estimate of drug-likeness (QED) is 0.674. The molecule has 0 saturated carbocycles. The number of allylic oxidation sites excluding steroid dienone is 1. The fraction of sp³-hybridized carbons (Fsp3) is 0.0952. The fourth-order valence-corrected chi connectivity index (χ4v) is 3.82. The van der Waals surface area contributed by atoms with Crippen LogP contribution in [0.2, 0.25) is 0 Å². The van der Waals surface area contributed by atoms with Gasteiger partial charge < -0.3 is 4.74 Å². The Labute approximate surface area is 152 Å². The van der Waals surface area contributed by atoms with Gasteiger partial charge in [-0.1, -0.05) is 42.5 Å². The standard InChI is InChI=1S/C21H17NO3S/c1-26(23,24)21-13-17(18-10-11-22-14-18)7-9-20(21)25-19-8-6-15-4-2-3-5-16(15)12-19/h2-14,18H,1H3. The summed E-state index contributed by atoms with van der Waals surface area (Å²) >= 11 is 0. The van der Waals surface area contributed by atoms with Crippen LogP contribution in [0.5, 0.6) is 11.5 Å². The maximum atomic E-state index is 12.3. The van der Waals surface area contributed by atoms with Crippen molar-refractivity contribution in [1.29, 1.82) is 0 Å². The van der Waals surface area contributed by atoms with Crippen LogP contribution >= 0.6 is 0 Å². The Kier molecular flexibility index (Phi) is 4.09. The Morgan fingerprint density at radius 1 is 0.962 bits per heavy atom. The molecule has 0 fully saturated rings. The van der Waals surface area contributed by atoms with E-state index in [0.29, 0.717) is 11.5 Å². The normalized spacial score (nSPS) is 16.3. The van der Waals surface area contributed by atoms with E-state index in [1.165, 1.54) is 6.26 Å². The maximum Gasteiger partial charge on any atom is 0.179 e. The number of rotatable bonds is 4. The average Bonchev–Trinajstić information content (AvgIpc) is 3.16. The van der Waals surface area contributed by atoms with Gasteiger partial charge in [0, 0.05) is 24.6 Å². The summed E-state index contributed by atoms with van der Waals surface area (Å²) in [6, 6.07) is 18.9. The first-order chi connectivity index (χ1) is 12.5. The molecule has 0 amide bonds. The zero-order valence-electron chi connectivity index (χ0n) is 14.2. The van der Waals surface area contributed by atoms with E-state index in [0.717, 1.165) is 16.3 Å². The van der Waals surface area contributed by atoms with Gasteiger partial charge in [-0.15, -0.1) is 0 Å². The van der Waals surface area contributed by atoms with Gasteiger partial charge >= 0.3 is 0 Å². The highest BCUT2D eigenvalue weighted by Gasteiger charge is 2.19. The van der Waals surface area contributed by atoms with Crippen molar-refractivity contribution in [2.24, 2.45) is 4.99 Å². The predicted octanol–water partition coefficient (Wildman–Crippen LogP) is 4.72. The third-order valence-corrected chi connectivity index (χ3v) is 5.44. The minimum atomic E-state index is -3.44. The topological polar surface area (TPSA) is 55.7 Å². The highest BCUT2D eigenvalue weighted by molar-refractivity contribution is 7.90. The summed E-state index contributed by atoms with van der Waals surface area (Å²) < 4.78 is 30.5. The molecule has 130 valence electrons. The summed E-state index contributed by atoms with van der Waals surface area (Å²) in [5.41, 5.74) is 0.869. The molecule has 4 rings (SSSR count). The van der Waals surface area contributed by atoms with Gasteiger partial charge in [0.25, 0.3) is 0 Å². The molecule has 1 aliphatic rings. The van der Waals surface area contributed by atoms with E-state index in [4.69, 9.17) is 4.74 Å². The zero-order chi connectivity index (χ0) is 18.1. The molecule has 1 heterocycles. The number of nitrogens with zero attached hydrogens (tertiary/aromatic N) is 1. The van der Waals surface area contributed by atoms with Gasteiger partial charge in [-0.05, 0) is 40.6 Å². The van der Waals surface area contributed by atoms with Gasteiger partial charge in [0.15, 0.2) is 9.84 Å². The molecule has 0 N–H and O–H groups in total. The van der Waals surface area contributed by atoms with Crippen molar-refractivity contribution in [3.63, 3.8) is 0 Å². The van der Waals surface area contributed by atoms with E-state index < -0.39 is 9.84 Å². The highest BCUT2D eigenvalue weighted by atomic mass is 32.2. The minimum Gasteiger partial charge on any atom is -0.456 e. The van der Waals surface area contributed by atoms with Crippen molar-refractivity contribution in [1.82, 2.24) is 0 Å². The predicted molar refractivity (Wildman–Crippen MR) is 104 cm³/mol. The maximum absolute atomic E-state index is 12.3. The van der Waals surface area contributed by atoms with Crippen LogP contribution in [-0.4, -0.2) is 20.9 Å². The summed E-state index contributed by atoms with van der Waals surface area (Å²) in [6.45, 7) is 0. The van der Waals surface area contributed by atoms with E-state index in [1.54, 1.807) is 24.5 Å². The van der Waals surface area contributed by atoms with Gasteiger partial charge in [-0.25, -0.2) is 8.42 Å². The van der Waals surface area contributed by atoms with Gasteiger partial charge in [0.2, 0.25) is 0 Å². The van der Waals surface area contributed by atoms with Crippen molar-refractivity contribution < 1.29 is 13.2 Å². The van der Waals surface area contributed by atoms with Crippen molar-refractivity contribution in [3.8, 4) is 11.5 Å². The Morgan fingerprint density at radius 2 is 1.77 bits per heavy atom. The van der Waals surface area contributed by atoms with E-state index >= 15 is 0 Å².